The van der Waals surface area contributed by atoms with Crippen molar-refractivity contribution in [2.45, 2.75) is 45.1 Å². The lowest BCUT2D eigenvalue weighted by Gasteiger charge is -2.15. The van der Waals surface area contributed by atoms with Crippen molar-refractivity contribution >= 4 is 29.4 Å². The monoisotopic (exact) mass is 392 g/mol. The minimum Gasteiger partial charge on any atom is -0.451 e. The van der Waals surface area contributed by atoms with E-state index in [1.807, 2.05) is 0 Å². The quantitative estimate of drug-likeness (QED) is 0.526. The van der Waals surface area contributed by atoms with Crippen LogP contribution in [0, 0.1) is 0 Å². The fraction of sp³-hybridized carbons (Fsp3) is 0.450. The first-order valence-corrected chi connectivity index (χ1v) is 9.52. The highest BCUT2D eigenvalue weighted by Crippen LogP contribution is 2.19. The molecule has 0 spiro atoms. The van der Waals surface area contributed by atoms with Gasteiger partial charge in [-0.25, -0.2) is 0 Å². The maximum atomic E-state index is 12.0. The van der Waals surface area contributed by atoms with E-state index < -0.39 is 18.0 Å². The summed E-state index contributed by atoms with van der Waals surface area (Å²) in [6, 6.07) is 6.29. The number of halogens is 1. The molecule has 1 atom stereocenters. The van der Waals surface area contributed by atoms with Crippen molar-refractivity contribution < 1.29 is 19.1 Å². The van der Waals surface area contributed by atoms with Gasteiger partial charge in [0.15, 0.2) is 6.10 Å². The molecule has 0 heterocycles. The summed E-state index contributed by atoms with van der Waals surface area (Å²) in [6.07, 6.45) is 6.79. The summed E-state index contributed by atoms with van der Waals surface area (Å²) < 4.78 is 5.06. The standard InChI is InChI=1S/C20H25ClN2O4/c1-14(19(25)22-12-11-15-5-3-2-4-6-15)27-18(24)13-23-20(26)16-7-9-17(21)10-8-16/h5,7-10,14H,2-4,6,11-13H2,1H3,(H,22,25)(H,23,26)/t14-/m1/s1. The summed E-state index contributed by atoms with van der Waals surface area (Å²) in [5, 5.41) is 5.75. The van der Waals surface area contributed by atoms with Crippen molar-refractivity contribution in [3.05, 3.63) is 46.5 Å². The van der Waals surface area contributed by atoms with E-state index in [2.05, 4.69) is 16.7 Å². The van der Waals surface area contributed by atoms with Crippen LogP contribution < -0.4 is 10.6 Å². The second kappa shape index (κ2) is 10.7. The van der Waals surface area contributed by atoms with E-state index in [0.29, 0.717) is 17.1 Å². The molecule has 2 N–H and O–H groups in total. The lowest BCUT2D eigenvalue weighted by molar-refractivity contribution is -0.153. The molecular weight excluding hydrogens is 368 g/mol. The van der Waals surface area contributed by atoms with Gasteiger partial charge in [0.25, 0.3) is 11.8 Å². The maximum Gasteiger partial charge on any atom is 0.326 e. The third kappa shape index (κ3) is 7.43. The summed E-state index contributed by atoms with van der Waals surface area (Å²) in [7, 11) is 0. The highest BCUT2D eigenvalue weighted by molar-refractivity contribution is 6.30. The Hall–Kier alpha value is -2.34. The van der Waals surface area contributed by atoms with E-state index in [1.54, 1.807) is 24.3 Å². The Morgan fingerprint density at radius 3 is 2.56 bits per heavy atom. The molecule has 0 saturated carbocycles. The molecule has 6 nitrogen and oxygen atoms in total. The minimum atomic E-state index is -0.912. The second-order valence-electron chi connectivity index (χ2n) is 6.47. The van der Waals surface area contributed by atoms with Crippen LogP contribution in [0.25, 0.3) is 0 Å². The van der Waals surface area contributed by atoms with Gasteiger partial charge >= 0.3 is 5.97 Å². The van der Waals surface area contributed by atoms with Gasteiger partial charge in [-0.2, -0.15) is 0 Å². The van der Waals surface area contributed by atoms with Crippen LogP contribution in [0.2, 0.25) is 5.02 Å². The number of nitrogens with one attached hydrogen (secondary N) is 2. The Morgan fingerprint density at radius 2 is 1.89 bits per heavy atom. The summed E-state index contributed by atoms with van der Waals surface area (Å²) in [4.78, 5) is 35.8. The molecule has 1 aliphatic rings. The number of rotatable bonds is 8. The number of amides is 2. The third-order valence-corrected chi connectivity index (χ3v) is 4.56. The minimum absolute atomic E-state index is 0.314. The number of allylic oxidation sites excluding steroid dienone is 1. The van der Waals surface area contributed by atoms with Crippen molar-refractivity contribution in [2.24, 2.45) is 0 Å². The fourth-order valence-corrected chi connectivity index (χ4v) is 2.90. The molecule has 0 bridgehead atoms. The van der Waals surface area contributed by atoms with E-state index in [1.165, 1.54) is 25.3 Å². The molecule has 2 amide bonds. The van der Waals surface area contributed by atoms with E-state index in [4.69, 9.17) is 16.3 Å². The summed E-state index contributed by atoms with van der Waals surface area (Å²) >= 11 is 5.76. The van der Waals surface area contributed by atoms with Gasteiger partial charge in [0, 0.05) is 17.1 Å². The van der Waals surface area contributed by atoms with Crippen molar-refractivity contribution in [1.82, 2.24) is 10.6 Å². The molecule has 146 valence electrons. The largest absolute Gasteiger partial charge is 0.451 e. The zero-order valence-electron chi connectivity index (χ0n) is 15.4. The van der Waals surface area contributed by atoms with Gasteiger partial charge in [-0.1, -0.05) is 23.3 Å². The highest BCUT2D eigenvalue weighted by atomic mass is 35.5. The van der Waals surface area contributed by atoms with Crippen LogP contribution >= 0.6 is 11.6 Å². The van der Waals surface area contributed by atoms with Crippen LogP contribution in [-0.4, -0.2) is 37.0 Å². The van der Waals surface area contributed by atoms with Gasteiger partial charge in [-0.05, 0) is 63.3 Å². The first kappa shape index (κ1) is 21.0. The number of esters is 1. The van der Waals surface area contributed by atoms with E-state index >= 15 is 0 Å². The molecule has 27 heavy (non-hydrogen) atoms. The van der Waals surface area contributed by atoms with Gasteiger partial charge in [0.2, 0.25) is 0 Å². The smallest absolute Gasteiger partial charge is 0.326 e. The zero-order valence-corrected chi connectivity index (χ0v) is 16.2. The van der Waals surface area contributed by atoms with Crippen LogP contribution in [0.3, 0.4) is 0 Å². The van der Waals surface area contributed by atoms with Crippen LogP contribution in [0.5, 0.6) is 0 Å². The van der Waals surface area contributed by atoms with Gasteiger partial charge in [0.05, 0.1) is 0 Å². The molecule has 2 rings (SSSR count). The normalized spacial score (nSPS) is 14.7. The van der Waals surface area contributed by atoms with Crippen molar-refractivity contribution in [1.29, 1.82) is 0 Å². The molecule has 1 aliphatic carbocycles. The highest BCUT2D eigenvalue weighted by Gasteiger charge is 2.18. The Labute approximate surface area is 164 Å². The van der Waals surface area contributed by atoms with Crippen LogP contribution in [-0.2, 0) is 14.3 Å². The number of carbonyl (C=O) groups excluding carboxylic acids is 3. The van der Waals surface area contributed by atoms with Crippen molar-refractivity contribution in [3.63, 3.8) is 0 Å². The van der Waals surface area contributed by atoms with Crippen LogP contribution in [0.4, 0.5) is 0 Å². The average molecular weight is 393 g/mol. The third-order valence-electron chi connectivity index (χ3n) is 4.31. The Bertz CT molecular complexity index is 700. The number of hydrogen-bond acceptors (Lipinski definition) is 4. The Balaban J connectivity index is 1.66. The zero-order chi connectivity index (χ0) is 19.6. The number of ether oxygens (including phenoxy) is 1. The Kier molecular flexibility index (Phi) is 8.33. The predicted molar refractivity (Wildman–Crippen MR) is 104 cm³/mol. The van der Waals surface area contributed by atoms with E-state index in [0.717, 1.165) is 19.3 Å². The number of benzene rings is 1. The molecule has 1 aromatic rings. The summed E-state index contributed by atoms with van der Waals surface area (Å²) in [5.41, 5.74) is 1.76. The van der Waals surface area contributed by atoms with Gasteiger partial charge in [0.1, 0.15) is 6.54 Å². The maximum absolute atomic E-state index is 12.0. The lowest BCUT2D eigenvalue weighted by Crippen LogP contribution is -2.39. The molecular formula is C20H25ClN2O4. The molecule has 1 aromatic carbocycles. The Morgan fingerprint density at radius 1 is 1.15 bits per heavy atom. The van der Waals surface area contributed by atoms with Crippen molar-refractivity contribution in [3.8, 4) is 0 Å². The van der Waals surface area contributed by atoms with E-state index in [-0.39, 0.29) is 12.5 Å². The van der Waals surface area contributed by atoms with E-state index in [9.17, 15) is 14.4 Å². The first-order valence-electron chi connectivity index (χ1n) is 9.14. The fourth-order valence-electron chi connectivity index (χ4n) is 2.77. The SMILES string of the molecule is C[C@@H](OC(=O)CNC(=O)c1ccc(Cl)cc1)C(=O)NCCC1=CCCCC1. The molecule has 0 radical (unpaired) electrons. The molecule has 0 saturated heterocycles. The van der Waals surface area contributed by atoms with Crippen molar-refractivity contribution in [2.75, 3.05) is 13.1 Å². The first-order chi connectivity index (χ1) is 13.0. The summed E-state index contributed by atoms with van der Waals surface area (Å²) in [5.74, 6) is -1.43. The van der Waals surface area contributed by atoms with Crippen LogP contribution in [0.15, 0.2) is 35.9 Å². The molecule has 0 aromatic heterocycles. The molecule has 0 unspecified atom stereocenters. The van der Waals surface area contributed by atoms with Crippen LogP contribution in [0.1, 0.15) is 49.4 Å². The van der Waals surface area contributed by atoms with Gasteiger partial charge in [-0.15, -0.1) is 0 Å². The predicted octanol–water partition coefficient (Wildman–Crippen LogP) is 3.01. The van der Waals surface area contributed by atoms with Gasteiger partial charge < -0.3 is 15.4 Å². The topological polar surface area (TPSA) is 84.5 Å². The number of carbonyl (C=O) groups is 3. The lowest BCUT2D eigenvalue weighted by atomic mass is 9.97. The second-order valence-corrected chi connectivity index (χ2v) is 6.91. The molecule has 7 heteroatoms. The van der Waals surface area contributed by atoms with Gasteiger partial charge in [-0.3, -0.25) is 14.4 Å². The molecule has 0 fully saturated rings. The number of hydrogen-bond donors (Lipinski definition) is 2. The average Bonchev–Trinajstić information content (AvgIpc) is 2.67. The molecule has 0 aliphatic heterocycles. The summed E-state index contributed by atoms with van der Waals surface area (Å²) in [6.45, 7) is 1.72.